The van der Waals surface area contributed by atoms with Crippen LogP contribution in [-0.2, 0) is 4.74 Å². The van der Waals surface area contributed by atoms with Crippen molar-refractivity contribution in [1.82, 2.24) is 0 Å². The first-order valence-electron chi connectivity index (χ1n) is 4.38. The molecule has 0 bridgehead atoms. The van der Waals surface area contributed by atoms with Crippen LogP contribution in [0.5, 0.6) is 0 Å². The van der Waals surface area contributed by atoms with Crippen LogP contribution in [-0.4, -0.2) is 13.2 Å². The predicted molar refractivity (Wildman–Crippen MR) is 49.5 cm³/mol. The highest BCUT2D eigenvalue weighted by Gasteiger charge is 1.87. The Hall–Kier alpha value is -0.300. The highest BCUT2D eigenvalue weighted by molar-refractivity contribution is 4.63. The molecule has 65 valence electrons. The van der Waals surface area contributed by atoms with Crippen LogP contribution < -0.4 is 0 Å². The lowest BCUT2D eigenvalue weighted by molar-refractivity contribution is 0.157. The molecule has 0 aliphatic rings. The van der Waals surface area contributed by atoms with Gasteiger partial charge in [0.2, 0.25) is 0 Å². The van der Waals surface area contributed by atoms with Crippen molar-refractivity contribution < 1.29 is 4.74 Å². The fraction of sp³-hybridized carbons (Fsp3) is 0.700. The minimum Gasteiger partial charge on any atom is -0.377 e. The number of hydrogen-bond acceptors (Lipinski definition) is 1. The molecule has 1 nitrogen and oxygen atoms in total. The predicted octanol–water partition coefficient (Wildman–Crippen LogP) is 2.97. The van der Waals surface area contributed by atoms with Crippen LogP contribution in [0.2, 0.25) is 0 Å². The van der Waals surface area contributed by atoms with Crippen LogP contribution in [0.4, 0.5) is 0 Å². The second-order valence-electron chi connectivity index (χ2n) is 2.62. The van der Waals surface area contributed by atoms with Gasteiger partial charge in [-0.25, -0.2) is 0 Å². The summed E-state index contributed by atoms with van der Waals surface area (Å²) < 4.78 is 5.23. The van der Waals surface area contributed by atoms with Gasteiger partial charge < -0.3 is 4.74 Å². The molecule has 0 atom stereocenters. The average Bonchev–Trinajstić information content (AvgIpc) is 2.03. The third-order valence-corrected chi connectivity index (χ3v) is 1.52. The molecule has 0 amide bonds. The molecule has 0 heterocycles. The SMILES string of the molecule is C=CCOCCCCC[CH]C. The first kappa shape index (κ1) is 10.7. The summed E-state index contributed by atoms with van der Waals surface area (Å²) in [4.78, 5) is 0. The molecule has 0 N–H and O–H groups in total. The quantitative estimate of drug-likeness (QED) is 0.387. The van der Waals surface area contributed by atoms with Crippen molar-refractivity contribution in [3.63, 3.8) is 0 Å². The summed E-state index contributed by atoms with van der Waals surface area (Å²) in [5, 5.41) is 0. The van der Waals surface area contributed by atoms with Gasteiger partial charge in [-0.2, -0.15) is 0 Å². The first-order valence-corrected chi connectivity index (χ1v) is 4.38. The molecule has 0 fully saturated rings. The van der Waals surface area contributed by atoms with Crippen LogP contribution in [0.25, 0.3) is 0 Å². The molecule has 0 aromatic rings. The minimum atomic E-state index is 0.694. The second kappa shape index (κ2) is 9.70. The summed E-state index contributed by atoms with van der Waals surface area (Å²) >= 11 is 0. The van der Waals surface area contributed by atoms with Crippen LogP contribution in [0, 0.1) is 6.42 Å². The summed E-state index contributed by atoms with van der Waals surface area (Å²) in [7, 11) is 0. The molecular formula is C10H19O. The summed E-state index contributed by atoms with van der Waals surface area (Å²) in [6.07, 6.45) is 9.00. The van der Waals surface area contributed by atoms with E-state index in [2.05, 4.69) is 19.9 Å². The Balaban J connectivity index is 2.74. The zero-order valence-corrected chi connectivity index (χ0v) is 7.51. The van der Waals surface area contributed by atoms with Crippen molar-refractivity contribution in [3.05, 3.63) is 19.1 Å². The molecule has 1 radical (unpaired) electrons. The molecule has 0 unspecified atom stereocenters. The number of ether oxygens (including phenoxy) is 1. The molecular weight excluding hydrogens is 136 g/mol. The standard InChI is InChI=1S/C10H19O/c1-3-5-6-7-8-10-11-9-4-2/h3-4H,2,5-10H2,1H3. The molecule has 0 aliphatic heterocycles. The van der Waals surface area contributed by atoms with E-state index < -0.39 is 0 Å². The maximum absolute atomic E-state index is 5.23. The Kier molecular flexibility index (Phi) is 9.44. The fourth-order valence-corrected chi connectivity index (χ4v) is 0.896. The van der Waals surface area contributed by atoms with Gasteiger partial charge >= 0.3 is 0 Å². The van der Waals surface area contributed by atoms with Gasteiger partial charge in [-0.3, -0.25) is 0 Å². The monoisotopic (exact) mass is 155 g/mol. The number of unbranched alkanes of at least 4 members (excludes halogenated alkanes) is 4. The number of rotatable bonds is 8. The average molecular weight is 155 g/mol. The normalized spacial score (nSPS) is 9.91. The highest BCUT2D eigenvalue weighted by atomic mass is 16.5. The lowest BCUT2D eigenvalue weighted by Gasteiger charge is -1.99. The topological polar surface area (TPSA) is 9.23 Å². The Labute approximate surface area is 70.4 Å². The van der Waals surface area contributed by atoms with Gasteiger partial charge in [0.25, 0.3) is 0 Å². The Morgan fingerprint density at radius 2 is 2.09 bits per heavy atom. The summed E-state index contributed by atoms with van der Waals surface area (Å²) in [5.41, 5.74) is 0. The lowest BCUT2D eigenvalue weighted by Crippen LogP contribution is -1.93. The van der Waals surface area contributed by atoms with E-state index in [4.69, 9.17) is 4.74 Å². The van der Waals surface area contributed by atoms with E-state index in [1.54, 1.807) is 6.08 Å². The fourth-order valence-electron chi connectivity index (χ4n) is 0.896. The van der Waals surface area contributed by atoms with Crippen molar-refractivity contribution >= 4 is 0 Å². The maximum Gasteiger partial charge on any atom is 0.0644 e. The van der Waals surface area contributed by atoms with E-state index in [-0.39, 0.29) is 0 Å². The summed E-state index contributed by atoms with van der Waals surface area (Å²) in [6.45, 7) is 7.26. The number of hydrogen-bond donors (Lipinski definition) is 0. The summed E-state index contributed by atoms with van der Waals surface area (Å²) in [6, 6.07) is 0. The van der Waals surface area contributed by atoms with E-state index in [0.29, 0.717) is 6.61 Å². The lowest BCUT2D eigenvalue weighted by atomic mass is 10.2. The van der Waals surface area contributed by atoms with Gasteiger partial charge in [-0.15, -0.1) is 6.58 Å². The van der Waals surface area contributed by atoms with Crippen LogP contribution in [0.3, 0.4) is 0 Å². The first-order chi connectivity index (χ1) is 5.41. The third kappa shape index (κ3) is 9.70. The van der Waals surface area contributed by atoms with Crippen molar-refractivity contribution in [1.29, 1.82) is 0 Å². The zero-order chi connectivity index (χ0) is 8.36. The summed E-state index contributed by atoms with van der Waals surface area (Å²) in [5.74, 6) is 0. The molecule has 0 rings (SSSR count). The van der Waals surface area contributed by atoms with Gasteiger partial charge in [0, 0.05) is 6.61 Å². The smallest absolute Gasteiger partial charge is 0.0644 e. The van der Waals surface area contributed by atoms with Crippen molar-refractivity contribution in [2.45, 2.75) is 32.6 Å². The van der Waals surface area contributed by atoms with E-state index in [1.165, 1.54) is 25.7 Å². The molecule has 0 saturated carbocycles. The minimum absolute atomic E-state index is 0.694. The van der Waals surface area contributed by atoms with Crippen molar-refractivity contribution in [3.8, 4) is 0 Å². The van der Waals surface area contributed by atoms with Gasteiger partial charge in [0.1, 0.15) is 0 Å². The van der Waals surface area contributed by atoms with E-state index in [9.17, 15) is 0 Å². The molecule has 0 saturated heterocycles. The van der Waals surface area contributed by atoms with Gasteiger partial charge in [-0.1, -0.05) is 32.3 Å². The van der Waals surface area contributed by atoms with Crippen LogP contribution in [0.1, 0.15) is 32.6 Å². The van der Waals surface area contributed by atoms with Gasteiger partial charge in [0.15, 0.2) is 0 Å². The van der Waals surface area contributed by atoms with Crippen LogP contribution >= 0.6 is 0 Å². The maximum atomic E-state index is 5.23. The van der Waals surface area contributed by atoms with Gasteiger partial charge in [0.05, 0.1) is 6.61 Å². The van der Waals surface area contributed by atoms with E-state index in [0.717, 1.165) is 6.61 Å². The molecule has 0 aromatic heterocycles. The molecule has 11 heavy (non-hydrogen) atoms. The van der Waals surface area contributed by atoms with E-state index >= 15 is 0 Å². The third-order valence-electron chi connectivity index (χ3n) is 1.52. The zero-order valence-electron chi connectivity index (χ0n) is 7.51. The second-order valence-corrected chi connectivity index (χ2v) is 2.62. The van der Waals surface area contributed by atoms with Crippen molar-refractivity contribution in [2.24, 2.45) is 0 Å². The molecule has 0 aliphatic carbocycles. The molecule has 1 heteroatoms. The Morgan fingerprint density at radius 3 is 2.73 bits per heavy atom. The molecule has 0 spiro atoms. The largest absolute Gasteiger partial charge is 0.377 e. The Bertz CT molecular complexity index is 78.9. The van der Waals surface area contributed by atoms with Crippen molar-refractivity contribution in [2.75, 3.05) is 13.2 Å². The van der Waals surface area contributed by atoms with Gasteiger partial charge in [-0.05, 0) is 12.8 Å². The van der Waals surface area contributed by atoms with Crippen LogP contribution in [0.15, 0.2) is 12.7 Å². The highest BCUT2D eigenvalue weighted by Crippen LogP contribution is 2.01. The molecule has 0 aromatic carbocycles. The Morgan fingerprint density at radius 1 is 1.27 bits per heavy atom. The van der Waals surface area contributed by atoms with E-state index in [1.807, 2.05) is 0 Å².